The Bertz CT molecular complexity index is 1160. The molecule has 32 heavy (non-hydrogen) atoms. The predicted molar refractivity (Wildman–Crippen MR) is 118 cm³/mol. The van der Waals surface area contributed by atoms with Gasteiger partial charge in [0.15, 0.2) is 0 Å². The fraction of sp³-hybridized carbons (Fsp3) is 0.320. The summed E-state index contributed by atoms with van der Waals surface area (Å²) in [4.78, 5) is 16.1. The van der Waals surface area contributed by atoms with Gasteiger partial charge in [0.25, 0.3) is 0 Å². The first kappa shape index (κ1) is 22.1. The number of alkyl halides is 1. The molecule has 0 bridgehead atoms. The molecule has 3 aromatic rings. The Morgan fingerprint density at radius 1 is 1.28 bits per heavy atom. The van der Waals surface area contributed by atoms with E-state index in [9.17, 15) is 9.18 Å². The number of aromatic amines is 1. The zero-order chi connectivity index (χ0) is 23.0. The Balaban J connectivity index is 1.89. The Morgan fingerprint density at radius 2 is 1.97 bits per heavy atom. The van der Waals surface area contributed by atoms with Crippen LogP contribution >= 0.6 is 0 Å². The van der Waals surface area contributed by atoms with Gasteiger partial charge in [-0.1, -0.05) is 25.1 Å². The Kier molecular flexibility index (Phi) is 6.11. The number of carboxylic acids is 1. The van der Waals surface area contributed by atoms with Crippen molar-refractivity contribution < 1.29 is 23.1 Å². The molecule has 1 unspecified atom stereocenters. The lowest BCUT2D eigenvalue weighted by Crippen LogP contribution is -2.45. The maximum atomic E-state index is 15.4. The number of hydrogen-bond acceptors (Lipinski definition) is 2. The molecule has 1 aliphatic rings. The number of halogens is 3. The molecule has 0 fully saturated rings. The van der Waals surface area contributed by atoms with Gasteiger partial charge in [-0.3, -0.25) is 9.29 Å². The van der Waals surface area contributed by atoms with Crippen molar-refractivity contribution in [2.75, 3.05) is 13.2 Å². The molecule has 0 saturated carbocycles. The van der Waals surface area contributed by atoms with E-state index >= 15 is 8.78 Å². The number of aliphatic carboxylic acids is 1. The van der Waals surface area contributed by atoms with E-state index in [0.717, 1.165) is 40.8 Å². The molecule has 0 spiro atoms. The normalized spacial score (nSPS) is 20.0. The van der Waals surface area contributed by atoms with E-state index in [2.05, 4.69) is 4.98 Å². The minimum atomic E-state index is -1.20. The molecule has 0 amide bonds. The third-order valence-electron chi connectivity index (χ3n) is 6.10. The van der Waals surface area contributed by atoms with Gasteiger partial charge in [-0.15, -0.1) is 0 Å². The number of carboxylic acid groups (broad SMARTS) is 1. The van der Waals surface area contributed by atoms with Crippen LogP contribution in [0, 0.1) is 17.6 Å². The lowest BCUT2D eigenvalue weighted by Gasteiger charge is -2.42. The van der Waals surface area contributed by atoms with E-state index in [-0.39, 0.29) is 23.1 Å². The molecule has 2 N–H and O–H groups in total. The van der Waals surface area contributed by atoms with E-state index in [1.54, 1.807) is 6.92 Å². The fourth-order valence-electron chi connectivity index (χ4n) is 4.64. The van der Waals surface area contributed by atoms with Crippen LogP contribution in [0.5, 0.6) is 0 Å². The van der Waals surface area contributed by atoms with Crippen LogP contribution in [0.3, 0.4) is 0 Å². The lowest BCUT2D eigenvalue weighted by atomic mass is 9.87. The van der Waals surface area contributed by atoms with Crippen LogP contribution < -0.4 is 0 Å². The van der Waals surface area contributed by atoms with Crippen molar-refractivity contribution in [3.63, 3.8) is 0 Å². The molecule has 0 saturated heterocycles. The number of nitrogens with zero attached hydrogens (tertiary/aromatic N) is 1. The van der Waals surface area contributed by atoms with E-state index < -0.39 is 30.3 Å². The molecule has 4 nitrogen and oxygen atoms in total. The predicted octanol–water partition coefficient (Wildman–Crippen LogP) is 5.49. The smallest absolute Gasteiger partial charge is 0.328 e. The summed E-state index contributed by atoms with van der Waals surface area (Å²) in [6, 6.07) is 9.19. The van der Waals surface area contributed by atoms with Gasteiger partial charge in [-0.05, 0) is 54.7 Å². The van der Waals surface area contributed by atoms with Crippen molar-refractivity contribution in [2.24, 2.45) is 5.92 Å². The monoisotopic (exact) mass is 442 g/mol. The fourth-order valence-corrected chi connectivity index (χ4v) is 4.64. The first-order valence-electron chi connectivity index (χ1n) is 10.6. The molecular weight excluding hydrogens is 417 g/mol. The van der Waals surface area contributed by atoms with Gasteiger partial charge in [-0.2, -0.15) is 0 Å². The minimum Gasteiger partial charge on any atom is -0.478 e. The van der Waals surface area contributed by atoms with Crippen molar-refractivity contribution in [2.45, 2.75) is 32.4 Å². The number of hydrogen-bond donors (Lipinski definition) is 2. The highest BCUT2D eigenvalue weighted by Gasteiger charge is 2.39. The largest absolute Gasteiger partial charge is 0.478 e. The van der Waals surface area contributed by atoms with Crippen LogP contribution in [0.1, 0.15) is 42.3 Å². The van der Waals surface area contributed by atoms with Gasteiger partial charge in [0.2, 0.25) is 0 Å². The number of rotatable bonds is 6. The molecule has 2 aromatic carbocycles. The molecule has 2 heterocycles. The minimum absolute atomic E-state index is 0.0638. The summed E-state index contributed by atoms with van der Waals surface area (Å²) in [7, 11) is 0. The third kappa shape index (κ3) is 4.05. The quantitative estimate of drug-likeness (QED) is 0.497. The summed E-state index contributed by atoms with van der Waals surface area (Å²) in [6.07, 6.45) is 2.66. The number of benzene rings is 2. The van der Waals surface area contributed by atoms with Crippen molar-refractivity contribution in [1.82, 2.24) is 9.88 Å². The lowest BCUT2D eigenvalue weighted by molar-refractivity contribution is -0.131. The van der Waals surface area contributed by atoms with Crippen LogP contribution in [0.25, 0.3) is 17.0 Å². The molecule has 7 heteroatoms. The first-order chi connectivity index (χ1) is 15.3. The first-order valence-corrected chi connectivity index (χ1v) is 10.6. The van der Waals surface area contributed by atoms with E-state index in [1.807, 2.05) is 36.1 Å². The second-order valence-electron chi connectivity index (χ2n) is 8.54. The number of para-hydroxylation sites is 1. The maximum absolute atomic E-state index is 15.4. The highest BCUT2D eigenvalue weighted by atomic mass is 19.1. The summed E-state index contributed by atoms with van der Waals surface area (Å²) in [6.45, 7) is 3.58. The van der Waals surface area contributed by atoms with Crippen LogP contribution in [-0.2, 0) is 11.2 Å². The zero-order valence-electron chi connectivity index (χ0n) is 17.9. The number of aromatic nitrogens is 1. The van der Waals surface area contributed by atoms with Crippen molar-refractivity contribution in [3.8, 4) is 0 Å². The highest BCUT2D eigenvalue weighted by molar-refractivity contribution is 5.86. The van der Waals surface area contributed by atoms with Gasteiger partial charge >= 0.3 is 5.97 Å². The van der Waals surface area contributed by atoms with Crippen molar-refractivity contribution in [1.29, 1.82) is 0 Å². The van der Waals surface area contributed by atoms with Gasteiger partial charge in [0, 0.05) is 40.8 Å². The van der Waals surface area contributed by atoms with Gasteiger partial charge in [-0.25, -0.2) is 13.6 Å². The van der Waals surface area contributed by atoms with E-state index in [1.165, 1.54) is 0 Å². The summed E-state index contributed by atoms with van der Waals surface area (Å²) >= 11 is 0. The Hall–Kier alpha value is -3.06. The van der Waals surface area contributed by atoms with Crippen molar-refractivity contribution in [3.05, 3.63) is 76.5 Å². The maximum Gasteiger partial charge on any atom is 0.328 e. The molecule has 0 aliphatic carbocycles. The molecule has 168 valence electrons. The SMILES string of the molecule is CC(CF)CN1[C@H](c2c(F)cc(C=CC(=O)O)cc2F)c2[nH]c3ccccc3c2C[C@H]1C. The van der Waals surface area contributed by atoms with Crippen LogP contribution in [0.4, 0.5) is 13.2 Å². The zero-order valence-corrected chi connectivity index (χ0v) is 17.9. The summed E-state index contributed by atoms with van der Waals surface area (Å²) < 4.78 is 44.1. The van der Waals surface area contributed by atoms with E-state index in [4.69, 9.17) is 5.11 Å². The van der Waals surface area contributed by atoms with Gasteiger partial charge in [0.05, 0.1) is 12.7 Å². The van der Waals surface area contributed by atoms with E-state index in [0.29, 0.717) is 18.7 Å². The number of fused-ring (bicyclic) bond motifs is 3. The summed E-state index contributed by atoms with van der Waals surface area (Å²) in [5.41, 5.74) is 2.60. The molecule has 1 aliphatic heterocycles. The second-order valence-corrected chi connectivity index (χ2v) is 8.54. The number of nitrogens with one attached hydrogen (secondary N) is 1. The third-order valence-corrected chi connectivity index (χ3v) is 6.10. The molecule has 4 rings (SSSR count). The Labute approximate surface area is 184 Å². The van der Waals surface area contributed by atoms with Crippen molar-refractivity contribution >= 4 is 22.9 Å². The summed E-state index contributed by atoms with van der Waals surface area (Å²) in [5.74, 6) is -3.03. The second kappa shape index (κ2) is 8.82. The average Bonchev–Trinajstić information content (AvgIpc) is 3.11. The van der Waals surface area contributed by atoms with Gasteiger partial charge in [0.1, 0.15) is 11.6 Å². The topological polar surface area (TPSA) is 56.3 Å². The van der Waals surface area contributed by atoms with Crippen LogP contribution in [-0.4, -0.2) is 40.2 Å². The molecule has 0 radical (unpaired) electrons. The average molecular weight is 442 g/mol. The molecule has 3 atom stereocenters. The Morgan fingerprint density at radius 3 is 2.62 bits per heavy atom. The van der Waals surface area contributed by atoms with Crippen LogP contribution in [0.15, 0.2) is 42.5 Å². The van der Waals surface area contributed by atoms with Gasteiger partial charge < -0.3 is 10.1 Å². The number of carbonyl (C=O) groups is 1. The summed E-state index contributed by atoms with van der Waals surface area (Å²) in [5, 5.41) is 9.82. The highest BCUT2D eigenvalue weighted by Crippen LogP contribution is 2.42. The standard InChI is InChI=1S/C25H25F3N2O2/c1-14(12-26)13-30-15(2)9-18-17-5-3-4-6-21(17)29-24(18)25(30)23-19(27)10-16(11-20(23)28)7-8-22(31)32/h3-8,10-11,14-15,25,29H,9,12-13H2,1-2H3,(H,31,32)/t14?,15-,25-/m1/s1. The van der Waals surface area contributed by atoms with Crippen LogP contribution in [0.2, 0.25) is 0 Å². The number of H-pyrrole nitrogens is 1. The molecular formula is C25H25F3N2O2. The molecule has 1 aromatic heterocycles.